The van der Waals surface area contributed by atoms with Gasteiger partial charge in [-0.05, 0) is 18.6 Å². The molecule has 1 amide bonds. The van der Waals surface area contributed by atoms with Crippen molar-refractivity contribution in [2.45, 2.75) is 20.0 Å². The molecule has 7 heteroatoms. The van der Waals surface area contributed by atoms with Crippen LogP contribution in [0.5, 0.6) is 0 Å². The van der Waals surface area contributed by atoms with Crippen LogP contribution in [0.3, 0.4) is 0 Å². The molecule has 1 aliphatic rings. The highest BCUT2D eigenvalue weighted by molar-refractivity contribution is 7.09. The topological polar surface area (TPSA) is 54.3 Å². The maximum absolute atomic E-state index is 13.0. The fourth-order valence-corrected chi connectivity index (χ4v) is 4.94. The van der Waals surface area contributed by atoms with Crippen LogP contribution in [-0.4, -0.2) is 56.7 Å². The van der Waals surface area contributed by atoms with Gasteiger partial charge in [-0.15, -0.1) is 11.3 Å². The number of benzene rings is 2. The van der Waals surface area contributed by atoms with Gasteiger partial charge in [-0.1, -0.05) is 60.7 Å². The summed E-state index contributed by atoms with van der Waals surface area (Å²) in [6, 6.07) is 20.4. The molecule has 0 bridgehead atoms. The molecule has 0 aliphatic carbocycles. The second-order valence-electron chi connectivity index (χ2n) is 8.77. The molecule has 178 valence electrons. The fraction of sp³-hybridized carbons (Fsp3) is 0.250. The lowest BCUT2D eigenvalue weighted by atomic mass is 10.1. The highest BCUT2D eigenvalue weighted by atomic mass is 32.1. The summed E-state index contributed by atoms with van der Waals surface area (Å²) in [7, 11) is 0. The van der Waals surface area contributed by atoms with Crippen LogP contribution in [-0.2, 0) is 17.9 Å². The normalized spacial score (nSPS) is 14.6. The first-order chi connectivity index (χ1) is 17.1. The van der Waals surface area contributed by atoms with Crippen LogP contribution < -0.4 is 0 Å². The number of rotatable bonds is 7. The van der Waals surface area contributed by atoms with E-state index in [-0.39, 0.29) is 5.91 Å². The Hall–Kier alpha value is -3.55. The summed E-state index contributed by atoms with van der Waals surface area (Å²) < 4.78 is 1.95. The predicted octanol–water partition coefficient (Wildman–Crippen LogP) is 4.72. The molecule has 0 radical (unpaired) electrons. The van der Waals surface area contributed by atoms with E-state index in [2.05, 4.69) is 39.5 Å². The summed E-state index contributed by atoms with van der Waals surface area (Å²) >= 11 is 1.69. The minimum atomic E-state index is 0.0453. The van der Waals surface area contributed by atoms with Gasteiger partial charge in [0.25, 0.3) is 0 Å². The Morgan fingerprint density at radius 1 is 0.971 bits per heavy atom. The summed E-state index contributed by atoms with van der Waals surface area (Å²) in [5, 5.41) is 8.07. The van der Waals surface area contributed by atoms with Gasteiger partial charge < -0.3 is 4.90 Å². The second-order valence-corrected chi connectivity index (χ2v) is 9.84. The third kappa shape index (κ3) is 5.93. The molecule has 1 aliphatic heterocycles. The Labute approximate surface area is 210 Å². The average molecular weight is 484 g/mol. The maximum atomic E-state index is 13.0. The fourth-order valence-electron chi connectivity index (χ4n) is 4.33. The van der Waals surface area contributed by atoms with Crippen molar-refractivity contribution in [2.75, 3.05) is 26.2 Å². The lowest BCUT2D eigenvalue weighted by Crippen LogP contribution is -2.47. The Kier molecular flexibility index (Phi) is 7.16. The molecule has 0 saturated carbocycles. The molecule has 4 aromatic rings. The standard InChI is InChI=1S/C28H29N5OS/c1-22-29-26(21-35-22)20-31-14-16-32(17-15-31)27(34)13-12-25-19-33(18-23-8-4-2-5-9-23)30-28(25)24-10-6-3-7-11-24/h2-13,19,21H,14-18,20H2,1H3/b13-12+. The molecule has 0 atom stereocenters. The van der Waals surface area contributed by atoms with Gasteiger partial charge in [-0.3, -0.25) is 14.4 Å². The van der Waals surface area contributed by atoms with Crippen LogP contribution >= 0.6 is 11.3 Å². The quantitative estimate of drug-likeness (QED) is 0.357. The molecule has 0 spiro atoms. The van der Waals surface area contributed by atoms with E-state index in [1.807, 2.05) is 65.2 Å². The van der Waals surface area contributed by atoms with Crippen molar-refractivity contribution in [2.24, 2.45) is 0 Å². The van der Waals surface area contributed by atoms with Crippen molar-refractivity contribution in [3.63, 3.8) is 0 Å². The van der Waals surface area contributed by atoms with Gasteiger partial charge in [-0.2, -0.15) is 5.10 Å². The van der Waals surface area contributed by atoms with Gasteiger partial charge in [0, 0.05) is 61.5 Å². The van der Waals surface area contributed by atoms with Crippen LogP contribution in [0.15, 0.2) is 78.3 Å². The number of aromatic nitrogens is 3. The molecule has 6 nitrogen and oxygen atoms in total. The monoisotopic (exact) mass is 483 g/mol. The number of hydrogen-bond donors (Lipinski definition) is 0. The van der Waals surface area contributed by atoms with Crippen molar-refractivity contribution in [3.05, 3.63) is 100 Å². The highest BCUT2D eigenvalue weighted by Crippen LogP contribution is 2.24. The third-order valence-electron chi connectivity index (χ3n) is 6.17. The van der Waals surface area contributed by atoms with E-state index >= 15 is 0 Å². The minimum absolute atomic E-state index is 0.0453. The Morgan fingerprint density at radius 2 is 1.69 bits per heavy atom. The van der Waals surface area contributed by atoms with Gasteiger partial charge in [0.1, 0.15) is 0 Å². The van der Waals surface area contributed by atoms with Crippen molar-refractivity contribution >= 4 is 23.3 Å². The van der Waals surface area contributed by atoms with E-state index in [0.717, 1.165) is 60.2 Å². The Morgan fingerprint density at radius 3 is 2.37 bits per heavy atom. The molecule has 1 fully saturated rings. The molecule has 1 saturated heterocycles. The molecule has 0 N–H and O–H groups in total. The van der Waals surface area contributed by atoms with E-state index in [1.165, 1.54) is 5.56 Å². The Bertz CT molecular complexity index is 1290. The van der Waals surface area contributed by atoms with Gasteiger partial charge in [-0.25, -0.2) is 4.98 Å². The van der Waals surface area contributed by atoms with E-state index in [1.54, 1.807) is 17.4 Å². The molecular formula is C28H29N5OS. The van der Waals surface area contributed by atoms with Crippen molar-refractivity contribution in [1.82, 2.24) is 24.6 Å². The van der Waals surface area contributed by atoms with Crippen molar-refractivity contribution < 1.29 is 4.79 Å². The molecule has 3 heterocycles. The first kappa shape index (κ1) is 23.2. The van der Waals surface area contributed by atoms with Gasteiger partial charge in [0.05, 0.1) is 22.9 Å². The summed E-state index contributed by atoms with van der Waals surface area (Å²) in [6.07, 6.45) is 5.62. The van der Waals surface area contributed by atoms with E-state index in [4.69, 9.17) is 5.10 Å². The Balaban J connectivity index is 1.26. The number of carbonyl (C=O) groups excluding carboxylic acids is 1. The second kappa shape index (κ2) is 10.8. The zero-order valence-corrected chi connectivity index (χ0v) is 20.7. The minimum Gasteiger partial charge on any atom is -0.337 e. The molecule has 35 heavy (non-hydrogen) atoms. The number of hydrogen-bond acceptors (Lipinski definition) is 5. The number of amides is 1. The number of thiazole rings is 1. The summed E-state index contributed by atoms with van der Waals surface area (Å²) in [5.74, 6) is 0.0453. The first-order valence-electron chi connectivity index (χ1n) is 11.9. The summed E-state index contributed by atoms with van der Waals surface area (Å²) in [5.41, 5.74) is 5.17. The van der Waals surface area contributed by atoms with Crippen molar-refractivity contribution in [3.8, 4) is 11.3 Å². The average Bonchev–Trinajstić information content (AvgIpc) is 3.49. The highest BCUT2D eigenvalue weighted by Gasteiger charge is 2.20. The van der Waals surface area contributed by atoms with E-state index in [0.29, 0.717) is 6.54 Å². The zero-order chi connectivity index (χ0) is 24.0. The number of aryl methyl sites for hydroxylation is 1. The van der Waals surface area contributed by atoms with E-state index in [9.17, 15) is 4.79 Å². The molecule has 0 unspecified atom stereocenters. The van der Waals surface area contributed by atoms with E-state index < -0.39 is 0 Å². The largest absolute Gasteiger partial charge is 0.337 e. The number of nitrogens with zero attached hydrogens (tertiary/aromatic N) is 5. The molecular weight excluding hydrogens is 454 g/mol. The van der Waals surface area contributed by atoms with Crippen molar-refractivity contribution in [1.29, 1.82) is 0 Å². The van der Waals surface area contributed by atoms with Crippen LogP contribution in [0, 0.1) is 6.92 Å². The number of piperazine rings is 1. The van der Waals surface area contributed by atoms with Crippen LogP contribution in [0.2, 0.25) is 0 Å². The van der Waals surface area contributed by atoms with Gasteiger partial charge in [0.2, 0.25) is 5.91 Å². The number of carbonyl (C=O) groups is 1. The van der Waals surface area contributed by atoms with Crippen LogP contribution in [0.25, 0.3) is 17.3 Å². The smallest absolute Gasteiger partial charge is 0.246 e. The molecule has 2 aromatic heterocycles. The van der Waals surface area contributed by atoms with Gasteiger partial charge in [0.15, 0.2) is 0 Å². The summed E-state index contributed by atoms with van der Waals surface area (Å²) in [4.78, 5) is 21.8. The SMILES string of the molecule is Cc1nc(CN2CCN(C(=O)/C=C/c3cn(Cc4ccccc4)nc3-c3ccccc3)CC2)cs1. The van der Waals surface area contributed by atoms with Crippen LogP contribution in [0.1, 0.15) is 21.8 Å². The van der Waals surface area contributed by atoms with Gasteiger partial charge >= 0.3 is 0 Å². The summed E-state index contributed by atoms with van der Waals surface area (Å²) in [6.45, 7) is 6.74. The maximum Gasteiger partial charge on any atom is 0.246 e. The van der Waals surface area contributed by atoms with Crippen LogP contribution in [0.4, 0.5) is 0 Å². The molecule has 5 rings (SSSR count). The lowest BCUT2D eigenvalue weighted by Gasteiger charge is -2.33. The zero-order valence-electron chi connectivity index (χ0n) is 19.9. The molecule has 2 aromatic carbocycles. The first-order valence-corrected chi connectivity index (χ1v) is 12.8. The third-order valence-corrected chi connectivity index (χ3v) is 6.99. The predicted molar refractivity (Wildman–Crippen MR) is 141 cm³/mol. The lowest BCUT2D eigenvalue weighted by molar-refractivity contribution is -0.127.